The van der Waals surface area contributed by atoms with Gasteiger partial charge in [-0.1, -0.05) is 25.3 Å². The van der Waals surface area contributed by atoms with Gasteiger partial charge in [0.25, 0.3) is 0 Å². The molecule has 1 saturated carbocycles. The second kappa shape index (κ2) is 9.51. The fourth-order valence-corrected chi connectivity index (χ4v) is 6.08. The Labute approximate surface area is 219 Å². The second-order valence-electron chi connectivity index (χ2n) is 11.5. The Morgan fingerprint density at radius 3 is 2.35 bits per heavy atom. The molecule has 5 nitrogen and oxygen atoms in total. The number of methoxy groups -OCH3 is 1. The molecule has 0 amide bonds. The second-order valence-corrected chi connectivity index (χ2v) is 11.5. The summed E-state index contributed by atoms with van der Waals surface area (Å²) in [7, 11) is 1.67. The Morgan fingerprint density at radius 2 is 1.70 bits per heavy atom. The van der Waals surface area contributed by atoms with Crippen molar-refractivity contribution in [2.24, 2.45) is 0 Å². The predicted octanol–water partition coefficient (Wildman–Crippen LogP) is 7.70. The lowest BCUT2D eigenvalue weighted by molar-refractivity contribution is -0.113. The molecular formula is C32H37NO4. The molecule has 0 radical (unpaired) electrons. The van der Waals surface area contributed by atoms with Crippen LogP contribution in [0.4, 0.5) is 0 Å². The van der Waals surface area contributed by atoms with Gasteiger partial charge in [0, 0.05) is 22.0 Å². The topological polar surface area (TPSA) is 57.5 Å². The lowest BCUT2D eigenvalue weighted by atomic mass is 9.81. The lowest BCUT2D eigenvalue weighted by Crippen LogP contribution is -2.23. The van der Waals surface area contributed by atoms with E-state index in [1.807, 2.05) is 45.9 Å². The molecule has 0 bridgehead atoms. The minimum Gasteiger partial charge on any atom is -0.497 e. The van der Waals surface area contributed by atoms with Crippen molar-refractivity contribution in [2.45, 2.75) is 84.8 Å². The minimum absolute atomic E-state index is 0.0588. The van der Waals surface area contributed by atoms with E-state index >= 15 is 0 Å². The summed E-state index contributed by atoms with van der Waals surface area (Å²) in [6.45, 7) is 9.79. The molecule has 194 valence electrons. The maximum Gasteiger partial charge on any atom is 0.338 e. The number of hydrogen-bond acceptors (Lipinski definition) is 4. The number of hydrogen-bond donors (Lipinski definition) is 0. The Bertz CT molecular complexity index is 1430. The largest absolute Gasteiger partial charge is 0.497 e. The summed E-state index contributed by atoms with van der Waals surface area (Å²) in [6.07, 6.45) is 6.02. The number of esters is 1. The van der Waals surface area contributed by atoms with Crippen molar-refractivity contribution < 1.29 is 19.1 Å². The highest BCUT2D eigenvalue weighted by atomic mass is 16.6. The van der Waals surface area contributed by atoms with E-state index < -0.39 is 5.60 Å². The van der Waals surface area contributed by atoms with Gasteiger partial charge >= 0.3 is 5.97 Å². The average molecular weight is 500 g/mol. The van der Waals surface area contributed by atoms with Gasteiger partial charge < -0.3 is 14.0 Å². The maximum absolute atomic E-state index is 13.0. The van der Waals surface area contributed by atoms with Crippen LogP contribution in [0.2, 0.25) is 0 Å². The number of carbonyl (C=O) groups excluding carboxylic acids is 2. The molecule has 2 aromatic carbocycles. The molecule has 1 aromatic heterocycles. The highest BCUT2D eigenvalue weighted by Crippen LogP contribution is 2.48. The molecule has 0 spiro atoms. The van der Waals surface area contributed by atoms with Crippen LogP contribution < -0.4 is 4.74 Å². The summed E-state index contributed by atoms with van der Waals surface area (Å²) in [5.41, 5.74) is 7.36. The molecule has 1 fully saturated rings. The zero-order chi connectivity index (χ0) is 26.5. The molecule has 37 heavy (non-hydrogen) atoms. The standard InChI is InChI=1S/C32H37NO4/c1-19-26-17-23(36-6)13-15-24(26)30-29(21-10-8-7-9-11-21)25-14-12-22(31(35)37-32(3,4)5)16-28(25)33(30)18-27(19)20(2)34/h12-17,21H,7-11,18H2,1-6H3. The normalized spacial score (nSPS) is 16.3. The minimum atomic E-state index is -0.574. The fourth-order valence-electron chi connectivity index (χ4n) is 6.08. The van der Waals surface area contributed by atoms with E-state index in [0.29, 0.717) is 18.0 Å². The highest BCUT2D eigenvalue weighted by molar-refractivity contribution is 6.06. The zero-order valence-electron chi connectivity index (χ0n) is 22.9. The van der Waals surface area contributed by atoms with Gasteiger partial charge in [0.15, 0.2) is 5.78 Å². The van der Waals surface area contributed by atoms with Gasteiger partial charge in [-0.2, -0.15) is 0 Å². The quantitative estimate of drug-likeness (QED) is 0.345. The van der Waals surface area contributed by atoms with Crippen LogP contribution in [0.3, 0.4) is 0 Å². The van der Waals surface area contributed by atoms with Gasteiger partial charge in [0.1, 0.15) is 11.4 Å². The third-order valence-corrected chi connectivity index (χ3v) is 7.83. The first-order valence-electron chi connectivity index (χ1n) is 13.4. The maximum atomic E-state index is 13.0. The Kier molecular flexibility index (Phi) is 6.51. The van der Waals surface area contributed by atoms with Crippen molar-refractivity contribution in [1.29, 1.82) is 0 Å². The van der Waals surface area contributed by atoms with Crippen LogP contribution in [0.25, 0.3) is 27.7 Å². The summed E-state index contributed by atoms with van der Waals surface area (Å²) in [6, 6.07) is 12.1. The number of rotatable bonds is 4. The molecule has 1 aliphatic heterocycles. The first kappa shape index (κ1) is 25.3. The Balaban J connectivity index is 1.83. The number of ketones is 1. The van der Waals surface area contributed by atoms with Crippen LogP contribution >= 0.6 is 0 Å². The number of ether oxygens (including phenoxy) is 2. The van der Waals surface area contributed by atoms with Gasteiger partial charge in [-0.3, -0.25) is 4.79 Å². The number of Topliss-reactive ketones (excluding diaryl/α,β-unsaturated/α-hetero) is 1. The molecule has 0 unspecified atom stereocenters. The van der Waals surface area contributed by atoms with Crippen molar-refractivity contribution >= 4 is 28.2 Å². The van der Waals surface area contributed by atoms with Gasteiger partial charge in [-0.05, 0) is 100 Å². The average Bonchev–Trinajstić information content (AvgIpc) is 3.12. The number of aromatic nitrogens is 1. The summed E-state index contributed by atoms with van der Waals surface area (Å²) < 4.78 is 13.5. The van der Waals surface area contributed by atoms with Gasteiger partial charge in [0.2, 0.25) is 0 Å². The fraction of sp³-hybridized carbons (Fsp3) is 0.438. The monoisotopic (exact) mass is 499 g/mol. The van der Waals surface area contributed by atoms with E-state index in [9.17, 15) is 9.59 Å². The number of benzene rings is 2. The van der Waals surface area contributed by atoms with Crippen molar-refractivity contribution in [1.82, 2.24) is 4.57 Å². The Morgan fingerprint density at radius 1 is 0.973 bits per heavy atom. The van der Waals surface area contributed by atoms with Crippen LogP contribution in [0, 0.1) is 0 Å². The first-order valence-corrected chi connectivity index (χ1v) is 13.4. The Hall–Kier alpha value is -3.34. The molecular weight excluding hydrogens is 462 g/mol. The number of fused-ring (bicyclic) bond motifs is 5. The van der Waals surface area contributed by atoms with E-state index in [0.717, 1.165) is 52.1 Å². The molecule has 5 rings (SSSR count). The van der Waals surface area contributed by atoms with Gasteiger partial charge in [-0.25, -0.2) is 4.79 Å². The third-order valence-electron chi connectivity index (χ3n) is 7.83. The van der Waals surface area contributed by atoms with Crippen LogP contribution in [-0.2, 0) is 16.1 Å². The molecule has 5 heteroatoms. The summed E-state index contributed by atoms with van der Waals surface area (Å²) in [5, 5.41) is 1.17. The summed E-state index contributed by atoms with van der Waals surface area (Å²) in [5.74, 6) is 0.941. The van der Waals surface area contributed by atoms with Crippen molar-refractivity contribution in [3.63, 3.8) is 0 Å². The molecule has 1 aliphatic carbocycles. The van der Waals surface area contributed by atoms with E-state index in [1.165, 1.54) is 30.2 Å². The molecule has 0 N–H and O–H groups in total. The smallest absolute Gasteiger partial charge is 0.338 e. The highest BCUT2D eigenvalue weighted by Gasteiger charge is 2.31. The van der Waals surface area contributed by atoms with E-state index in [2.05, 4.69) is 22.8 Å². The van der Waals surface area contributed by atoms with Gasteiger partial charge in [0.05, 0.1) is 24.9 Å². The zero-order valence-corrected chi connectivity index (χ0v) is 22.9. The SMILES string of the molecule is COc1ccc2c(c1)C(C)=C(C(C)=O)Cn1c-2c(C2CCCCC2)c2ccc(C(=O)OC(C)(C)C)cc21. The number of allylic oxidation sites excluding steroid dienone is 2. The van der Waals surface area contributed by atoms with Crippen LogP contribution in [0.5, 0.6) is 5.75 Å². The van der Waals surface area contributed by atoms with Crippen molar-refractivity contribution in [3.8, 4) is 17.0 Å². The molecule has 2 aliphatic rings. The van der Waals surface area contributed by atoms with E-state index in [1.54, 1.807) is 14.0 Å². The van der Waals surface area contributed by atoms with E-state index in [4.69, 9.17) is 9.47 Å². The van der Waals surface area contributed by atoms with Crippen LogP contribution in [-0.4, -0.2) is 29.0 Å². The molecule has 3 aromatic rings. The summed E-state index contributed by atoms with van der Waals surface area (Å²) in [4.78, 5) is 26.0. The third kappa shape index (κ3) is 4.60. The van der Waals surface area contributed by atoms with Crippen molar-refractivity contribution in [2.75, 3.05) is 7.11 Å². The molecule has 2 heterocycles. The molecule has 0 saturated heterocycles. The van der Waals surface area contributed by atoms with E-state index in [-0.39, 0.29) is 11.8 Å². The molecule has 0 atom stereocenters. The number of nitrogens with zero attached hydrogens (tertiary/aromatic N) is 1. The van der Waals surface area contributed by atoms with Crippen molar-refractivity contribution in [3.05, 3.63) is 58.7 Å². The summed E-state index contributed by atoms with van der Waals surface area (Å²) >= 11 is 0. The van der Waals surface area contributed by atoms with Crippen LogP contribution in [0.15, 0.2) is 42.0 Å². The predicted molar refractivity (Wildman–Crippen MR) is 148 cm³/mol. The van der Waals surface area contributed by atoms with Crippen LogP contribution in [0.1, 0.15) is 94.1 Å². The lowest BCUT2D eigenvalue weighted by Gasteiger charge is -2.24. The first-order chi connectivity index (χ1) is 17.6. The van der Waals surface area contributed by atoms with Gasteiger partial charge in [-0.15, -0.1) is 0 Å². The number of carbonyl (C=O) groups is 2.